The molecule has 1 fully saturated rings. The highest BCUT2D eigenvalue weighted by molar-refractivity contribution is 7.80. The lowest BCUT2D eigenvalue weighted by molar-refractivity contribution is 0.258. The maximum atomic E-state index is 6.27. The summed E-state index contributed by atoms with van der Waals surface area (Å²) in [5.74, 6) is 0.836. The number of fused-ring (bicyclic) bond motifs is 4. The Morgan fingerprint density at radius 2 is 1.90 bits per heavy atom. The summed E-state index contributed by atoms with van der Waals surface area (Å²) >= 11 is 5.19. The minimum Gasteiger partial charge on any atom is -0.386 e. The second kappa shape index (κ2) is 4.22. The van der Waals surface area contributed by atoms with E-state index in [1.807, 2.05) is 0 Å². The molecule has 1 atom stereocenters. The van der Waals surface area contributed by atoms with Gasteiger partial charge in [-0.2, -0.15) is 0 Å². The van der Waals surface area contributed by atoms with Crippen molar-refractivity contribution in [1.82, 2.24) is 0 Å². The molecule has 1 unspecified atom stereocenters. The van der Waals surface area contributed by atoms with Gasteiger partial charge >= 0.3 is 0 Å². The predicted molar refractivity (Wildman–Crippen MR) is 85.3 cm³/mol. The van der Waals surface area contributed by atoms with E-state index >= 15 is 0 Å². The monoisotopic (exact) mass is 283 g/mol. The van der Waals surface area contributed by atoms with Crippen molar-refractivity contribution in [2.45, 2.75) is 32.1 Å². The first kappa shape index (κ1) is 12.2. The van der Waals surface area contributed by atoms with Gasteiger partial charge in [0.1, 0.15) is 5.84 Å². The van der Waals surface area contributed by atoms with Crippen LogP contribution < -0.4 is 5.73 Å². The van der Waals surface area contributed by atoms with E-state index in [4.69, 9.17) is 18.0 Å². The third kappa shape index (κ3) is 1.61. The molecule has 0 amide bonds. The molecule has 0 radical (unpaired) electrons. The molecule has 1 aliphatic heterocycles. The first-order valence-electron chi connectivity index (χ1n) is 7.24. The van der Waals surface area contributed by atoms with Crippen molar-refractivity contribution in [3.63, 3.8) is 0 Å². The van der Waals surface area contributed by atoms with E-state index in [-0.39, 0.29) is 11.3 Å². The van der Waals surface area contributed by atoms with Crippen LogP contribution in [0.1, 0.15) is 36.8 Å². The molecule has 1 spiro atoms. The third-order valence-electron chi connectivity index (χ3n) is 5.06. The number of amidine groups is 1. The lowest BCUT2D eigenvalue weighted by Crippen LogP contribution is -2.49. The SMILES string of the molecule is NC1=NC(=S)N=C2c3ccccc3CC3(CCCC3)C12. The summed E-state index contributed by atoms with van der Waals surface area (Å²) in [6.45, 7) is 0. The Bertz CT molecular complexity index is 653. The zero-order chi connectivity index (χ0) is 13.7. The van der Waals surface area contributed by atoms with Gasteiger partial charge in [-0.3, -0.25) is 0 Å². The van der Waals surface area contributed by atoms with Crippen molar-refractivity contribution in [2.24, 2.45) is 27.1 Å². The van der Waals surface area contributed by atoms with Crippen LogP contribution in [0.3, 0.4) is 0 Å². The van der Waals surface area contributed by atoms with Crippen LogP contribution in [0.2, 0.25) is 0 Å². The van der Waals surface area contributed by atoms with E-state index in [9.17, 15) is 0 Å². The maximum Gasteiger partial charge on any atom is 0.221 e. The molecule has 1 heterocycles. The van der Waals surface area contributed by atoms with Gasteiger partial charge in [0.25, 0.3) is 0 Å². The number of nitrogens with zero attached hydrogens (tertiary/aromatic N) is 2. The number of benzene rings is 1. The number of aliphatic imine (C=N–C) groups is 2. The topological polar surface area (TPSA) is 50.7 Å². The first-order chi connectivity index (χ1) is 9.70. The minimum absolute atomic E-state index is 0.159. The lowest BCUT2D eigenvalue weighted by Gasteiger charge is -2.43. The van der Waals surface area contributed by atoms with Crippen LogP contribution in [0.25, 0.3) is 0 Å². The summed E-state index contributed by atoms with van der Waals surface area (Å²) in [5.41, 5.74) is 10.2. The molecule has 0 aromatic heterocycles. The molecule has 102 valence electrons. The van der Waals surface area contributed by atoms with E-state index < -0.39 is 0 Å². The van der Waals surface area contributed by atoms with Crippen LogP contribution in [-0.4, -0.2) is 16.7 Å². The van der Waals surface area contributed by atoms with Crippen LogP contribution in [-0.2, 0) is 6.42 Å². The summed E-state index contributed by atoms with van der Waals surface area (Å²) < 4.78 is 0. The molecule has 1 aromatic carbocycles. The minimum atomic E-state index is 0.159. The molecule has 2 N–H and O–H groups in total. The first-order valence-corrected chi connectivity index (χ1v) is 7.65. The Kier molecular flexibility index (Phi) is 2.58. The number of hydrogen-bond donors (Lipinski definition) is 1. The predicted octanol–water partition coefficient (Wildman–Crippen LogP) is 2.86. The van der Waals surface area contributed by atoms with Crippen LogP contribution in [0.4, 0.5) is 0 Å². The Labute approximate surface area is 124 Å². The fraction of sp³-hybridized carbons (Fsp3) is 0.438. The number of thiocarbonyl (C=S) groups is 1. The van der Waals surface area contributed by atoms with E-state index in [1.54, 1.807) is 0 Å². The van der Waals surface area contributed by atoms with Gasteiger partial charge in [-0.05, 0) is 42.5 Å². The van der Waals surface area contributed by atoms with Crippen molar-refractivity contribution in [3.8, 4) is 0 Å². The Morgan fingerprint density at radius 1 is 1.15 bits per heavy atom. The van der Waals surface area contributed by atoms with Gasteiger partial charge < -0.3 is 5.73 Å². The lowest BCUT2D eigenvalue weighted by atomic mass is 9.61. The van der Waals surface area contributed by atoms with E-state index in [0.29, 0.717) is 10.9 Å². The molecule has 20 heavy (non-hydrogen) atoms. The zero-order valence-corrected chi connectivity index (χ0v) is 12.1. The molecule has 0 bridgehead atoms. The van der Waals surface area contributed by atoms with Crippen molar-refractivity contribution in [1.29, 1.82) is 0 Å². The van der Waals surface area contributed by atoms with Crippen LogP contribution in [0.5, 0.6) is 0 Å². The fourth-order valence-electron chi connectivity index (χ4n) is 4.28. The highest BCUT2D eigenvalue weighted by Gasteiger charge is 2.50. The van der Waals surface area contributed by atoms with E-state index in [2.05, 4.69) is 34.3 Å². The molecular formula is C16H17N3S. The quantitative estimate of drug-likeness (QED) is 0.744. The van der Waals surface area contributed by atoms with Gasteiger partial charge in [-0.25, -0.2) is 9.98 Å². The molecule has 4 rings (SSSR count). The Hall–Kier alpha value is -1.55. The standard InChI is InChI=1S/C16H17N3S/c17-14-12-13(18-15(20)19-14)11-6-2-1-5-10(11)9-16(12)7-3-4-8-16/h1-2,5-6,12H,3-4,7-9H2,(H2,17,19,20). The molecule has 3 aliphatic rings. The van der Waals surface area contributed by atoms with Gasteiger partial charge in [-0.15, -0.1) is 0 Å². The second-order valence-corrected chi connectivity index (χ2v) is 6.52. The molecule has 4 heteroatoms. The molecule has 3 nitrogen and oxygen atoms in total. The summed E-state index contributed by atoms with van der Waals surface area (Å²) in [7, 11) is 0. The van der Waals surface area contributed by atoms with Gasteiger partial charge in [0, 0.05) is 5.56 Å². The summed E-state index contributed by atoms with van der Waals surface area (Å²) in [6, 6.07) is 8.54. The number of rotatable bonds is 0. The third-order valence-corrected chi connectivity index (χ3v) is 5.24. The number of nitrogens with two attached hydrogens (primary N) is 1. The van der Waals surface area contributed by atoms with Crippen LogP contribution >= 0.6 is 12.2 Å². The van der Waals surface area contributed by atoms with Gasteiger partial charge in [0.15, 0.2) is 0 Å². The summed E-state index contributed by atoms with van der Waals surface area (Å²) in [5, 5.41) is 0.374. The highest BCUT2D eigenvalue weighted by Crippen LogP contribution is 2.52. The zero-order valence-electron chi connectivity index (χ0n) is 11.3. The maximum absolute atomic E-state index is 6.27. The highest BCUT2D eigenvalue weighted by atomic mass is 32.1. The molecule has 0 saturated heterocycles. The number of hydrogen-bond acceptors (Lipinski definition) is 2. The van der Waals surface area contributed by atoms with E-state index in [1.165, 1.54) is 36.8 Å². The Morgan fingerprint density at radius 3 is 2.70 bits per heavy atom. The van der Waals surface area contributed by atoms with Crippen LogP contribution in [0.15, 0.2) is 34.3 Å². The summed E-state index contributed by atoms with van der Waals surface area (Å²) in [6.07, 6.45) is 6.09. The van der Waals surface area contributed by atoms with Crippen molar-refractivity contribution < 1.29 is 0 Å². The summed E-state index contributed by atoms with van der Waals surface area (Å²) in [4.78, 5) is 8.89. The largest absolute Gasteiger partial charge is 0.386 e. The normalized spacial score (nSPS) is 26.8. The average Bonchev–Trinajstić information content (AvgIpc) is 2.87. The smallest absolute Gasteiger partial charge is 0.221 e. The average molecular weight is 283 g/mol. The van der Waals surface area contributed by atoms with Crippen molar-refractivity contribution in [3.05, 3.63) is 35.4 Å². The molecule has 1 saturated carbocycles. The van der Waals surface area contributed by atoms with Gasteiger partial charge in [0.2, 0.25) is 5.11 Å². The second-order valence-electron chi connectivity index (χ2n) is 6.15. The van der Waals surface area contributed by atoms with Crippen molar-refractivity contribution >= 4 is 28.9 Å². The van der Waals surface area contributed by atoms with E-state index in [0.717, 1.165) is 12.1 Å². The van der Waals surface area contributed by atoms with Gasteiger partial charge in [0.05, 0.1) is 11.6 Å². The molecule has 1 aromatic rings. The Balaban J connectivity index is 1.95. The van der Waals surface area contributed by atoms with Crippen LogP contribution in [0, 0.1) is 11.3 Å². The molecule has 2 aliphatic carbocycles. The fourth-order valence-corrected chi connectivity index (χ4v) is 4.48. The van der Waals surface area contributed by atoms with Gasteiger partial charge in [-0.1, -0.05) is 37.1 Å². The molecular weight excluding hydrogens is 266 g/mol. The van der Waals surface area contributed by atoms with Crippen molar-refractivity contribution in [2.75, 3.05) is 0 Å².